The molecule has 1 fully saturated rings. The van der Waals surface area contributed by atoms with E-state index in [-0.39, 0.29) is 11.7 Å². The molecular weight excluding hydrogens is 323 g/mol. The number of amides is 1. The van der Waals surface area contributed by atoms with Crippen molar-refractivity contribution in [3.05, 3.63) is 60.7 Å². The first-order chi connectivity index (χ1) is 12.2. The highest BCUT2D eigenvalue weighted by Gasteiger charge is 2.26. The number of hydrogen-bond donors (Lipinski definition) is 0. The Kier molecular flexibility index (Phi) is 4.01. The maximum absolute atomic E-state index is 13.0. The van der Waals surface area contributed by atoms with Crippen molar-refractivity contribution in [3.8, 4) is 5.69 Å². The van der Waals surface area contributed by atoms with E-state index in [4.69, 9.17) is 0 Å². The van der Waals surface area contributed by atoms with Crippen LogP contribution in [0, 0.1) is 5.82 Å². The Hall–Kier alpha value is -3.03. The highest BCUT2D eigenvalue weighted by atomic mass is 19.1. The predicted molar refractivity (Wildman–Crippen MR) is 87.7 cm³/mol. The zero-order valence-corrected chi connectivity index (χ0v) is 13.5. The zero-order chi connectivity index (χ0) is 17.2. The lowest BCUT2D eigenvalue weighted by atomic mass is 10.0. The van der Waals surface area contributed by atoms with Gasteiger partial charge in [0.2, 0.25) is 0 Å². The summed E-state index contributed by atoms with van der Waals surface area (Å²) in [5.41, 5.74) is 0.956. The highest BCUT2D eigenvalue weighted by Crippen LogP contribution is 2.23. The van der Waals surface area contributed by atoms with Gasteiger partial charge in [-0.1, -0.05) is 5.21 Å². The molecule has 0 unspecified atom stereocenters. The summed E-state index contributed by atoms with van der Waals surface area (Å²) in [4.78, 5) is 18.5. The van der Waals surface area contributed by atoms with Crippen molar-refractivity contribution < 1.29 is 9.18 Å². The molecule has 1 aliphatic heterocycles. The molecule has 8 heteroatoms. The van der Waals surface area contributed by atoms with Crippen molar-refractivity contribution in [2.24, 2.45) is 0 Å². The van der Waals surface area contributed by atoms with Crippen molar-refractivity contribution in [2.45, 2.75) is 18.9 Å². The average Bonchev–Trinajstić information content (AvgIpc) is 3.34. The minimum Gasteiger partial charge on any atom is -0.337 e. The average molecular weight is 340 g/mol. The van der Waals surface area contributed by atoms with Gasteiger partial charge in [0.1, 0.15) is 5.82 Å². The Bertz CT molecular complexity index is 850. The van der Waals surface area contributed by atoms with Gasteiger partial charge in [0.05, 0.1) is 18.2 Å². The Morgan fingerprint density at radius 1 is 1.16 bits per heavy atom. The van der Waals surface area contributed by atoms with Crippen LogP contribution in [-0.4, -0.2) is 48.4 Å². The zero-order valence-electron chi connectivity index (χ0n) is 13.5. The van der Waals surface area contributed by atoms with Crippen LogP contribution in [0.1, 0.15) is 29.4 Å². The molecule has 1 aromatic carbocycles. The van der Waals surface area contributed by atoms with Crippen LogP contribution >= 0.6 is 0 Å². The third-order valence-electron chi connectivity index (χ3n) is 4.50. The van der Waals surface area contributed by atoms with E-state index in [1.165, 1.54) is 16.8 Å². The fourth-order valence-electron chi connectivity index (χ4n) is 3.10. The summed E-state index contributed by atoms with van der Waals surface area (Å²) < 4.78 is 16.6. The highest BCUT2D eigenvalue weighted by molar-refractivity contribution is 5.92. The second kappa shape index (κ2) is 6.46. The normalized spacial score (nSPS) is 15.5. The smallest absolute Gasteiger partial charge is 0.276 e. The first kappa shape index (κ1) is 15.5. The molecule has 2 aromatic heterocycles. The standard InChI is InChI=1S/C17H17FN6O/c18-13-1-3-15(4-2-13)24-11-16(20-21-24)17(25)22-8-5-14(6-9-22)23-10-7-19-12-23/h1-4,7,10-12,14H,5-6,8-9H2. The number of halogens is 1. The second-order valence-corrected chi connectivity index (χ2v) is 6.06. The van der Waals surface area contributed by atoms with Crippen molar-refractivity contribution in [2.75, 3.05) is 13.1 Å². The van der Waals surface area contributed by atoms with Crippen LogP contribution in [0.15, 0.2) is 49.2 Å². The van der Waals surface area contributed by atoms with Gasteiger partial charge in [-0.05, 0) is 37.1 Å². The molecule has 1 aliphatic rings. The molecule has 0 atom stereocenters. The third-order valence-corrected chi connectivity index (χ3v) is 4.50. The van der Waals surface area contributed by atoms with Gasteiger partial charge in [-0.15, -0.1) is 5.10 Å². The van der Waals surface area contributed by atoms with Gasteiger partial charge in [0, 0.05) is 31.5 Å². The molecular formula is C17H17FN6O. The number of benzene rings is 1. The quantitative estimate of drug-likeness (QED) is 0.732. The number of carbonyl (C=O) groups is 1. The van der Waals surface area contributed by atoms with E-state index in [1.807, 2.05) is 12.5 Å². The molecule has 3 heterocycles. The second-order valence-electron chi connectivity index (χ2n) is 6.06. The number of carbonyl (C=O) groups excluding carboxylic acids is 1. The van der Waals surface area contributed by atoms with Crippen LogP contribution < -0.4 is 0 Å². The molecule has 128 valence electrons. The minimum absolute atomic E-state index is 0.127. The van der Waals surface area contributed by atoms with Crippen LogP contribution in [0.3, 0.4) is 0 Å². The number of likely N-dealkylation sites (tertiary alicyclic amines) is 1. The molecule has 1 saturated heterocycles. The molecule has 0 bridgehead atoms. The summed E-state index contributed by atoms with van der Waals surface area (Å²) in [7, 11) is 0. The van der Waals surface area contributed by atoms with E-state index in [9.17, 15) is 9.18 Å². The van der Waals surface area contributed by atoms with Crippen LogP contribution in [0.2, 0.25) is 0 Å². The Labute approximate surface area is 143 Å². The van der Waals surface area contributed by atoms with Gasteiger partial charge in [-0.3, -0.25) is 4.79 Å². The minimum atomic E-state index is -0.319. The van der Waals surface area contributed by atoms with Gasteiger partial charge in [-0.2, -0.15) is 0 Å². The molecule has 0 radical (unpaired) electrons. The number of hydrogen-bond acceptors (Lipinski definition) is 4. The van der Waals surface area contributed by atoms with E-state index in [0.717, 1.165) is 12.8 Å². The fraction of sp³-hybridized carbons (Fsp3) is 0.294. The molecule has 1 amide bonds. The lowest BCUT2D eigenvalue weighted by Gasteiger charge is -2.32. The van der Waals surface area contributed by atoms with E-state index in [0.29, 0.717) is 30.5 Å². The fourth-order valence-corrected chi connectivity index (χ4v) is 3.10. The molecule has 0 N–H and O–H groups in total. The number of rotatable bonds is 3. The summed E-state index contributed by atoms with van der Waals surface area (Å²) in [5, 5.41) is 7.94. The summed E-state index contributed by atoms with van der Waals surface area (Å²) >= 11 is 0. The van der Waals surface area contributed by atoms with Gasteiger partial charge in [-0.25, -0.2) is 14.1 Å². The van der Waals surface area contributed by atoms with E-state index in [2.05, 4.69) is 19.9 Å². The summed E-state index contributed by atoms with van der Waals surface area (Å²) in [6.07, 6.45) is 8.89. The van der Waals surface area contributed by atoms with Crippen LogP contribution in [0.5, 0.6) is 0 Å². The predicted octanol–water partition coefficient (Wildman–Crippen LogP) is 2.08. The maximum Gasteiger partial charge on any atom is 0.276 e. The first-order valence-corrected chi connectivity index (χ1v) is 8.16. The monoisotopic (exact) mass is 340 g/mol. The van der Waals surface area contributed by atoms with Crippen molar-refractivity contribution in [1.82, 2.24) is 29.4 Å². The van der Waals surface area contributed by atoms with Crippen LogP contribution in [0.25, 0.3) is 5.69 Å². The van der Waals surface area contributed by atoms with Gasteiger partial charge in [0.25, 0.3) is 5.91 Å². The van der Waals surface area contributed by atoms with Crippen LogP contribution in [0.4, 0.5) is 4.39 Å². The number of aromatic nitrogens is 5. The maximum atomic E-state index is 13.0. The van der Waals surface area contributed by atoms with Gasteiger partial charge < -0.3 is 9.47 Å². The molecule has 4 rings (SSSR count). The molecule has 7 nitrogen and oxygen atoms in total. The van der Waals surface area contributed by atoms with Gasteiger partial charge >= 0.3 is 0 Å². The SMILES string of the molecule is O=C(c1cn(-c2ccc(F)cc2)nn1)N1CCC(n2ccnc2)CC1. The summed E-state index contributed by atoms with van der Waals surface area (Å²) in [5.74, 6) is -0.446. The summed E-state index contributed by atoms with van der Waals surface area (Å²) in [6, 6.07) is 6.25. The van der Waals surface area contributed by atoms with Crippen molar-refractivity contribution >= 4 is 5.91 Å². The number of nitrogens with zero attached hydrogens (tertiary/aromatic N) is 6. The van der Waals surface area contributed by atoms with E-state index < -0.39 is 0 Å². The molecule has 0 aliphatic carbocycles. The number of imidazole rings is 1. The summed E-state index contributed by atoms with van der Waals surface area (Å²) in [6.45, 7) is 1.34. The lowest BCUT2D eigenvalue weighted by molar-refractivity contribution is 0.0688. The van der Waals surface area contributed by atoms with E-state index >= 15 is 0 Å². The Balaban J connectivity index is 1.43. The largest absolute Gasteiger partial charge is 0.337 e. The third kappa shape index (κ3) is 3.15. The Morgan fingerprint density at radius 3 is 2.60 bits per heavy atom. The van der Waals surface area contributed by atoms with Crippen molar-refractivity contribution in [3.63, 3.8) is 0 Å². The molecule has 25 heavy (non-hydrogen) atoms. The van der Waals surface area contributed by atoms with Gasteiger partial charge in [0.15, 0.2) is 5.69 Å². The Morgan fingerprint density at radius 2 is 1.92 bits per heavy atom. The van der Waals surface area contributed by atoms with E-state index in [1.54, 1.807) is 29.4 Å². The molecule has 0 spiro atoms. The number of piperidine rings is 1. The molecule has 3 aromatic rings. The first-order valence-electron chi connectivity index (χ1n) is 8.16. The lowest BCUT2D eigenvalue weighted by Crippen LogP contribution is -2.39. The van der Waals surface area contributed by atoms with Crippen LogP contribution in [-0.2, 0) is 0 Å². The molecule has 0 saturated carbocycles. The van der Waals surface area contributed by atoms with Crippen molar-refractivity contribution in [1.29, 1.82) is 0 Å². The topological polar surface area (TPSA) is 68.8 Å².